The largest absolute Gasteiger partial charge is 0.461 e. The molecule has 0 unspecified atom stereocenters. The minimum Gasteiger partial charge on any atom is -0.461 e. The molecule has 12 heteroatoms. The average molecular weight is 684 g/mol. The van der Waals surface area contributed by atoms with Gasteiger partial charge in [-0.1, -0.05) is 44.2 Å². The number of nitrogens with zero attached hydrogens (tertiary/aromatic N) is 1. The number of aliphatic hydroxyl groups excluding tert-OH is 2. The van der Waals surface area contributed by atoms with Crippen LogP contribution in [-0.4, -0.2) is 95.5 Å². The predicted molar refractivity (Wildman–Crippen MR) is 176 cm³/mol. The van der Waals surface area contributed by atoms with Gasteiger partial charge in [-0.25, -0.2) is 4.79 Å². The molecule has 12 nitrogen and oxygen atoms in total. The smallest absolute Gasteiger partial charge is 0.337 e. The molecule has 1 saturated carbocycles. The Morgan fingerprint density at radius 1 is 0.878 bits per heavy atom. The summed E-state index contributed by atoms with van der Waals surface area (Å²) in [5, 5.41) is 23.3. The molecule has 0 spiro atoms. The number of fused-ring (bicyclic) bond motifs is 4. The fraction of sp³-hybridized carbons (Fsp3) is 0.595. The third-order valence-corrected chi connectivity index (χ3v) is 10.4. The van der Waals surface area contributed by atoms with Crippen molar-refractivity contribution in [1.29, 1.82) is 0 Å². The van der Waals surface area contributed by atoms with Crippen molar-refractivity contribution in [2.45, 2.75) is 110 Å². The van der Waals surface area contributed by atoms with Crippen LogP contribution in [0, 0.1) is 16.7 Å². The number of aliphatic hydroxyl groups is 2. The van der Waals surface area contributed by atoms with E-state index in [2.05, 4.69) is 0 Å². The first-order chi connectivity index (χ1) is 22.8. The lowest BCUT2D eigenvalue weighted by molar-refractivity contribution is -0.174. The number of benzene rings is 1. The molecule has 1 aromatic carbocycles. The van der Waals surface area contributed by atoms with E-state index in [1.807, 2.05) is 19.9 Å². The predicted octanol–water partition coefficient (Wildman–Crippen LogP) is 3.39. The maximum Gasteiger partial charge on any atom is 0.337 e. The first kappa shape index (κ1) is 37.9. The van der Waals surface area contributed by atoms with Crippen LogP contribution < -0.4 is 0 Å². The molecule has 49 heavy (non-hydrogen) atoms. The number of carbonyl (C=O) groups excluding carboxylic acids is 5. The number of hydrogen-bond acceptors (Lipinski definition) is 12. The Morgan fingerprint density at radius 2 is 1.47 bits per heavy atom. The summed E-state index contributed by atoms with van der Waals surface area (Å²) in [6.45, 7) is 10.7. The lowest BCUT2D eigenvalue weighted by Gasteiger charge is -2.51. The Morgan fingerprint density at radius 3 is 2.02 bits per heavy atom. The second-order valence-corrected chi connectivity index (χ2v) is 14.5. The maximum atomic E-state index is 14.5. The van der Waals surface area contributed by atoms with Crippen molar-refractivity contribution < 1.29 is 53.1 Å². The molecular weight excluding hydrogens is 634 g/mol. The van der Waals surface area contributed by atoms with Crippen molar-refractivity contribution in [3.63, 3.8) is 0 Å². The lowest BCUT2D eigenvalue weighted by Crippen LogP contribution is -2.57. The molecule has 3 aliphatic carbocycles. The Kier molecular flexibility index (Phi) is 11.3. The molecule has 0 aromatic heterocycles. The van der Waals surface area contributed by atoms with Crippen LogP contribution in [0.3, 0.4) is 0 Å². The standard InChI is InChI=1S/C37H49NO11/c1-19-26(46-20(2)39)16-25-28(47-21(3)40)15-24-18-37(7,34(44)32(42)30(19)36(25,5)6)29(48-22(4)41)17-27(24)49-35(45)33(43)31(38(8)9)23-13-11-10-12-14-23/h10-15,25-29,31-33,42-43H,16-18H2,1-9H3/t25-,26-,27-,28-,29-,31-,32+,33+,37+/m0/s1. The Balaban J connectivity index is 1.88. The van der Waals surface area contributed by atoms with Crippen LogP contribution in [0.1, 0.15) is 79.3 Å². The molecule has 0 aliphatic heterocycles. The number of likely N-dealkylation sites (N-methyl/N-ethyl adjacent to an activating group) is 1. The molecule has 0 heterocycles. The lowest BCUT2D eigenvalue weighted by atomic mass is 9.57. The van der Waals surface area contributed by atoms with E-state index in [1.165, 1.54) is 20.8 Å². The third kappa shape index (κ3) is 7.66. The van der Waals surface area contributed by atoms with Crippen molar-refractivity contribution in [2.24, 2.45) is 16.7 Å². The van der Waals surface area contributed by atoms with Crippen molar-refractivity contribution in [3.8, 4) is 0 Å². The number of hydrogen-bond donors (Lipinski definition) is 2. The zero-order chi connectivity index (χ0) is 36.6. The van der Waals surface area contributed by atoms with Gasteiger partial charge in [0.1, 0.15) is 30.5 Å². The van der Waals surface area contributed by atoms with Gasteiger partial charge in [-0.15, -0.1) is 0 Å². The second-order valence-electron chi connectivity index (χ2n) is 14.5. The summed E-state index contributed by atoms with van der Waals surface area (Å²) in [6.07, 6.45) is -5.76. The molecule has 3 aliphatic rings. The summed E-state index contributed by atoms with van der Waals surface area (Å²) in [7, 11) is 3.45. The quantitative estimate of drug-likeness (QED) is 0.233. The fourth-order valence-electron chi connectivity index (χ4n) is 8.04. The van der Waals surface area contributed by atoms with Crippen LogP contribution in [0.25, 0.3) is 0 Å². The highest BCUT2D eigenvalue weighted by atomic mass is 16.6. The van der Waals surface area contributed by atoms with Crippen LogP contribution in [0.15, 0.2) is 53.1 Å². The van der Waals surface area contributed by atoms with E-state index in [-0.39, 0.29) is 19.3 Å². The summed E-state index contributed by atoms with van der Waals surface area (Å²) < 4.78 is 23.3. The highest BCUT2D eigenvalue weighted by Gasteiger charge is 2.57. The van der Waals surface area contributed by atoms with Crippen LogP contribution in [0.2, 0.25) is 0 Å². The minimum atomic E-state index is -1.69. The van der Waals surface area contributed by atoms with Gasteiger partial charge in [0.15, 0.2) is 11.9 Å². The average Bonchev–Trinajstić information content (AvgIpc) is 2.99. The van der Waals surface area contributed by atoms with Gasteiger partial charge in [-0.05, 0) is 74.6 Å². The Bertz CT molecular complexity index is 1530. The van der Waals surface area contributed by atoms with Crippen LogP contribution in [0.4, 0.5) is 0 Å². The second kappa shape index (κ2) is 14.5. The SMILES string of the molecule is CC(=O)O[C@H]1C[C@H]2[C@@H](OC(C)=O)C=C3C[C@@](C)(C(=O)[C@H](O)C(=C1C)C2(C)C)[C@@H](OC(C)=O)C[C@@H]3OC(=O)[C@H](O)[C@H](c1ccccc1)N(C)C. The zero-order valence-electron chi connectivity index (χ0n) is 29.7. The van der Waals surface area contributed by atoms with E-state index in [9.17, 15) is 34.2 Å². The summed E-state index contributed by atoms with van der Waals surface area (Å²) in [5.74, 6) is -4.00. The monoisotopic (exact) mass is 683 g/mol. The van der Waals surface area contributed by atoms with E-state index < -0.39 is 89.1 Å². The molecule has 4 bridgehead atoms. The molecule has 0 amide bonds. The van der Waals surface area contributed by atoms with E-state index >= 15 is 0 Å². The van der Waals surface area contributed by atoms with E-state index in [1.54, 1.807) is 63.2 Å². The molecule has 1 fully saturated rings. The van der Waals surface area contributed by atoms with Gasteiger partial charge in [-0.2, -0.15) is 0 Å². The van der Waals surface area contributed by atoms with E-state index in [0.29, 0.717) is 22.3 Å². The van der Waals surface area contributed by atoms with Crippen molar-refractivity contribution >= 4 is 29.7 Å². The van der Waals surface area contributed by atoms with Gasteiger partial charge in [0.05, 0.1) is 11.5 Å². The first-order valence-electron chi connectivity index (χ1n) is 16.5. The number of carbonyl (C=O) groups is 5. The molecule has 0 saturated heterocycles. The van der Waals surface area contributed by atoms with Gasteiger partial charge in [0.2, 0.25) is 0 Å². The molecule has 0 radical (unpaired) electrons. The van der Waals surface area contributed by atoms with E-state index in [4.69, 9.17) is 18.9 Å². The van der Waals surface area contributed by atoms with Gasteiger partial charge < -0.3 is 29.2 Å². The fourth-order valence-corrected chi connectivity index (χ4v) is 8.04. The van der Waals surface area contributed by atoms with Gasteiger partial charge in [0, 0.05) is 33.1 Å². The highest BCUT2D eigenvalue weighted by Crippen LogP contribution is 2.53. The summed E-state index contributed by atoms with van der Waals surface area (Å²) in [6, 6.07) is 8.22. The topological polar surface area (TPSA) is 166 Å². The molecule has 268 valence electrons. The Hall–Kier alpha value is -3.87. The van der Waals surface area contributed by atoms with Crippen LogP contribution in [0.5, 0.6) is 0 Å². The van der Waals surface area contributed by atoms with Gasteiger partial charge in [-0.3, -0.25) is 24.1 Å². The van der Waals surface area contributed by atoms with Gasteiger partial charge in [0.25, 0.3) is 0 Å². The normalized spacial score (nSPS) is 30.8. The molecule has 4 rings (SSSR count). The number of ketones is 1. The van der Waals surface area contributed by atoms with Crippen LogP contribution in [-0.2, 0) is 42.9 Å². The van der Waals surface area contributed by atoms with Crippen LogP contribution >= 0.6 is 0 Å². The third-order valence-electron chi connectivity index (χ3n) is 10.4. The summed E-state index contributed by atoms with van der Waals surface area (Å²) >= 11 is 0. The van der Waals surface area contributed by atoms with E-state index in [0.717, 1.165) is 0 Å². The van der Waals surface area contributed by atoms with Gasteiger partial charge >= 0.3 is 23.9 Å². The summed E-state index contributed by atoms with van der Waals surface area (Å²) in [4.78, 5) is 67.1. The number of rotatable bonds is 8. The first-order valence-corrected chi connectivity index (χ1v) is 16.5. The maximum absolute atomic E-state index is 14.5. The molecular formula is C37H49NO11. The molecule has 2 N–H and O–H groups in total. The van der Waals surface area contributed by atoms with Crippen molar-refractivity contribution in [3.05, 3.63) is 58.7 Å². The number of Topliss-reactive ketones (excluding diaryl/α,β-unsaturated/α-hetero) is 1. The minimum absolute atomic E-state index is 0.116. The molecule has 9 atom stereocenters. The number of esters is 4. The Labute approximate surface area is 287 Å². The summed E-state index contributed by atoms with van der Waals surface area (Å²) in [5.41, 5.74) is -0.553. The zero-order valence-corrected chi connectivity index (χ0v) is 29.7. The van der Waals surface area contributed by atoms with Crippen molar-refractivity contribution in [2.75, 3.05) is 14.1 Å². The van der Waals surface area contributed by atoms with Crippen molar-refractivity contribution in [1.82, 2.24) is 4.90 Å². The number of ether oxygens (including phenoxy) is 4. The molecule has 1 aromatic rings. The highest BCUT2D eigenvalue weighted by molar-refractivity contribution is 5.93.